The van der Waals surface area contributed by atoms with Crippen molar-refractivity contribution in [3.63, 3.8) is 0 Å². The number of rotatable bonds is 8. The molecule has 2 heterocycles. The number of alkyl halides is 3. The van der Waals surface area contributed by atoms with Crippen molar-refractivity contribution in [2.24, 2.45) is 0 Å². The Hall–Kier alpha value is -5.52. The predicted octanol–water partition coefficient (Wildman–Crippen LogP) is 6.22. The highest BCUT2D eigenvalue weighted by Gasteiger charge is 2.41. The van der Waals surface area contributed by atoms with Gasteiger partial charge in [0.1, 0.15) is 5.75 Å². The SMILES string of the molecule is CCOC(=O)c1ccc(Oc2nc(C)c3ccc(=O)n(-c4ccc(C(=O)N(Cc5ccccc5)C(F)(F)F)cc4)c3n2)cc1. The average Bonchev–Trinajstić information content (AvgIpc) is 3.00. The maximum atomic E-state index is 13.8. The molecule has 1 amide bonds. The van der Waals surface area contributed by atoms with Crippen molar-refractivity contribution in [3.8, 4) is 17.4 Å². The van der Waals surface area contributed by atoms with E-state index in [1.54, 1.807) is 50.2 Å². The predicted molar refractivity (Wildman–Crippen MR) is 155 cm³/mol. The number of esters is 1. The third-order valence-electron chi connectivity index (χ3n) is 6.60. The highest BCUT2D eigenvalue weighted by molar-refractivity contribution is 5.94. The molecule has 0 fully saturated rings. The molecule has 5 rings (SSSR count). The van der Waals surface area contributed by atoms with Crippen LogP contribution in [0.15, 0.2) is 95.8 Å². The Morgan fingerprint density at radius 1 is 0.864 bits per heavy atom. The van der Waals surface area contributed by atoms with Gasteiger partial charge in [-0.1, -0.05) is 30.3 Å². The van der Waals surface area contributed by atoms with Crippen LogP contribution in [-0.4, -0.2) is 44.2 Å². The Bertz CT molecular complexity index is 1870. The van der Waals surface area contributed by atoms with Gasteiger partial charge in [-0.2, -0.15) is 9.97 Å². The first-order valence-electron chi connectivity index (χ1n) is 13.4. The van der Waals surface area contributed by atoms with E-state index in [2.05, 4.69) is 9.97 Å². The molecule has 0 aliphatic carbocycles. The molecule has 0 saturated heterocycles. The van der Waals surface area contributed by atoms with Gasteiger partial charge in [-0.15, -0.1) is 13.2 Å². The zero-order valence-corrected chi connectivity index (χ0v) is 23.5. The molecule has 44 heavy (non-hydrogen) atoms. The molecule has 12 heteroatoms. The minimum atomic E-state index is -4.91. The summed E-state index contributed by atoms with van der Waals surface area (Å²) in [5, 5.41) is 0.529. The smallest absolute Gasteiger partial charge is 0.462 e. The van der Waals surface area contributed by atoms with Gasteiger partial charge in [0.2, 0.25) is 0 Å². The molecular formula is C32H25F3N4O5. The Balaban J connectivity index is 1.46. The van der Waals surface area contributed by atoms with Crippen LogP contribution in [0.3, 0.4) is 0 Å². The summed E-state index contributed by atoms with van der Waals surface area (Å²) in [4.78, 5) is 46.5. The van der Waals surface area contributed by atoms with Crippen molar-refractivity contribution in [3.05, 3.63) is 124 Å². The Morgan fingerprint density at radius 3 is 2.16 bits per heavy atom. The molecule has 0 bridgehead atoms. The second-order valence-corrected chi connectivity index (χ2v) is 9.57. The molecule has 0 atom stereocenters. The fraction of sp³-hybridized carbons (Fsp3) is 0.156. The van der Waals surface area contributed by atoms with Gasteiger partial charge >= 0.3 is 18.3 Å². The minimum absolute atomic E-state index is 0.0771. The van der Waals surface area contributed by atoms with Crippen LogP contribution in [0.1, 0.15) is 38.9 Å². The molecule has 9 nitrogen and oxygen atoms in total. The van der Waals surface area contributed by atoms with E-state index >= 15 is 0 Å². The molecule has 5 aromatic rings. The first-order chi connectivity index (χ1) is 21.0. The van der Waals surface area contributed by atoms with Gasteiger partial charge in [0.05, 0.1) is 30.1 Å². The van der Waals surface area contributed by atoms with E-state index in [0.717, 1.165) is 0 Å². The molecule has 0 aliphatic heterocycles. The van der Waals surface area contributed by atoms with Gasteiger partial charge in [0.15, 0.2) is 5.65 Å². The van der Waals surface area contributed by atoms with Crippen molar-refractivity contribution >= 4 is 22.9 Å². The monoisotopic (exact) mass is 602 g/mol. The standard InChI is InChI=1S/C32H25F3N4O5/c1-3-43-30(42)23-11-15-25(16-12-23)44-31-36-20(2)26-17-18-27(40)39(28(26)37-31)24-13-9-22(10-14-24)29(41)38(32(33,34)35)19-21-7-5-4-6-8-21/h4-18H,3,19H2,1-2H3. The number of benzene rings is 3. The lowest BCUT2D eigenvalue weighted by atomic mass is 10.1. The van der Waals surface area contributed by atoms with Gasteiger partial charge in [-0.3, -0.25) is 14.2 Å². The fourth-order valence-corrected chi connectivity index (χ4v) is 4.47. The van der Waals surface area contributed by atoms with E-state index in [-0.39, 0.29) is 34.4 Å². The number of aryl methyl sites for hydroxylation is 1. The van der Waals surface area contributed by atoms with Gasteiger partial charge < -0.3 is 9.47 Å². The van der Waals surface area contributed by atoms with Gasteiger partial charge in [-0.05, 0) is 74.0 Å². The Labute approximate surface area is 249 Å². The van der Waals surface area contributed by atoms with E-state index in [0.29, 0.717) is 28.0 Å². The highest BCUT2D eigenvalue weighted by atomic mass is 19.4. The number of fused-ring (bicyclic) bond motifs is 1. The summed E-state index contributed by atoms with van der Waals surface area (Å²) in [5.41, 5.74) is 0.918. The zero-order valence-electron chi connectivity index (χ0n) is 23.5. The first kappa shape index (κ1) is 30.0. The topological polar surface area (TPSA) is 104 Å². The number of carbonyl (C=O) groups excluding carboxylic acids is 2. The summed E-state index contributed by atoms with van der Waals surface area (Å²) in [7, 11) is 0. The maximum Gasteiger partial charge on any atom is 0.487 e. The number of pyridine rings is 1. The van der Waals surface area contributed by atoms with Crippen molar-refractivity contribution in [1.29, 1.82) is 0 Å². The number of nitrogens with zero attached hydrogens (tertiary/aromatic N) is 4. The van der Waals surface area contributed by atoms with Crippen LogP contribution in [0.5, 0.6) is 11.8 Å². The minimum Gasteiger partial charge on any atom is -0.462 e. The molecule has 0 spiro atoms. The lowest BCUT2D eigenvalue weighted by molar-refractivity contribution is -0.227. The fourth-order valence-electron chi connectivity index (χ4n) is 4.47. The van der Waals surface area contributed by atoms with Crippen LogP contribution in [0, 0.1) is 6.92 Å². The molecule has 0 unspecified atom stereocenters. The first-order valence-corrected chi connectivity index (χ1v) is 13.4. The summed E-state index contributed by atoms with van der Waals surface area (Å²) in [6, 6.07) is 22.0. The maximum absolute atomic E-state index is 13.8. The van der Waals surface area contributed by atoms with Gasteiger partial charge in [-0.25, -0.2) is 9.69 Å². The second kappa shape index (κ2) is 12.4. The summed E-state index contributed by atoms with van der Waals surface area (Å²) in [6.45, 7) is 2.99. The quantitative estimate of drug-likeness (QED) is 0.153. The van der Waals surface area contributed by atoms with Crippen LogP contribution in [0.25, 0.3) is 16.7 Å². The average molecular weight is 603 g/mol. The molecular weight excluding hydrogens is 577 g/mol. The second-order valence-electron chi connectivity index (χ2n) is 9.57. The van der Waals surface area contributed by atoms with E-state index in [1.807, 2.05) is 0 Å². The number of carbonyl (C=O) groups is 2. The number of halogens is 3. The van der Waals surface area contributed by atoms with Crippen molar-refractivity contribution in [1.82, 2.24) is 19.4 Å². The van der Waals surface area contributed by atoms with E-state index < -0.39 is 30.3 Å². The summed E-state index contributed by atoms with van der Waals surface area (Å²) in [6.07, 6.45) is -4.91. The third kappa shape index (κ3) is 6.43. The molecule has 224 valence electrons. The third-order valence-corrected chi connectivity index (χ3v) is 6.60. The van der Waals surface area contributed by atoms with Gasteiger partial charge in [0, 0.05) is 17.0 Å². The molecule has 2 aromatic heterocycles. The number of amides is 1. The van der Waals surface area contributed by atoms with Crippen molar-refractivity contribution < 1.29 is 32.2 Å². The number of aromatic nitrogens is 3. The zero-order chi connectivity index (χ0) is 31.4. The van der Waals surface area contributed by atoms with E-state index in [9.17, 15) is 27.6 Å². The van der Waals surface area contributed by atoms with Crippen LogP contribution in [-0.2, 0) is 11.3 Å². The Kier molecular flexibility index (Phi) is 8.43. The molecule has 3 aromatic carbocycles. The molecule has 0 N–H and O–H groups in total. The summed E-state index contributed by atoms with van der Waals surface area (Å²) < 4.78 is 53.6. The Morgan fingerprint density at radius 2 is 1.52 bits per heavy atom. The van der Waals surface area contributed by atoms with Crippen molar-refractivity contribution in [2.75, 3.05) is 6.61 Å². The number of hydrogen-bond acceptors (Lipinski definition) is 7. The lowest BCUT2D eigenvalue weighted by Crippen LogP contribution is -2.42. The molecule has 0 saturated carbocycles. The summed E-state index contributed by atoms with van der Waals surface area (Å²) in [5.74, 6) is -1.38. The highest BCUT2D eigenvalue weighted by Crippen LogP contribution is 2.27. The largest absolute Gasteiger partial charge is 0.487 e. The molecule has 0 radical (unpaired) electrons. The van der Waals surface area contributed by atoms with E-state index in [1.165, 1.54) is 59.2 Å². The lowest BCUT2D eigenvalue weighted by Gasteiger charge is -2.25. The van der Waals surface area contributed by atoms with Crippen LogP contribution in [0.2, 0.25) is 0 Å². The molecule has 0 aliphatic rings. The van der Waals surface area contributed by atoms with Crippen molar-refractivity contribution in [2.45, 2.75) is 26.7 Å². The number of ether oxygens (including phenoxy) is 2. The van der Waals surface area contributed by atoms with E-state index in [4.69, 9.17) is 9.47 Å². The van der Waals surface area contributed by atoms with Gasteiger partial charge in [0.25, 0.3) is 11.5 Å². The number of hydrogen-bond donors (Lipinski definition) is 0. The normalized spacial score (nSPS) is 11.3. The van der Waals surface area contributed by atoms with Crippen LogP contribution in [0.4, 0.5) is 13.2 Å². The van der Waals surface area contributed by atoms with Crippen LogP contribution < -0.4 is 10.3 Å². The van der Waals surface area contributed by atoms with Crippen LogP contribution >= 0.6 is 0 Å². The summed E-state index contributed by atoms with van der Waals surface area (Å²) >= 11 is 0.